The van der Waals surface area contributed by atoms with Crippen molar-refractivity contribution in [2.45, 2.75) is 19.4 Å². The van der Waals surface area contributed by atoms with Crippen LogP contribution in [0.4, 0.5) is 0 Å². The molecular weight excluding hydrogens is 298 g/mol. The molecule has 0 atom stereocenters. The first kappa shape index (κ1) is 13.4. The van der Waals surface area contributed by atoms with Crippen molar-refractivity contribution in [2.75, 3.05) is 0 Å². The van der Waals surface area contributed by atoms with Crippen molar-refractivity contribution < 1.29 is 0 Å². The van der Waals surface area contributed by atoms with E-state index < -0.39 is 0 Å². The average Bonchev–Trinajstić information content (AvgIpc) is 3.23. The fraction of sp³-hybridized carbons (Fsp3) is 0.158. The lowest BCUT2D eigenvalue weighted by Gasteiger charge is -2.08. The third-order valence-corrected chi connectivity index (χ3v) is 4.56. The number of rotatable bonds is 2. The molecule has 0 N–H and O–H groups in total. The third-order valence-electron chi connectivity index (χ3n) is 4.56. The van der Waals surface area contributed by atoms with E-state index in [1.165, 1.54) is 11.3 Å². The molecule has 0 aliphatic carbocycles. The van der Waals surface area contributed by atoms with E-state index in [1.54, 1.807) is 6.20 Å². The second kappa shape index (κ2) is 5.23. The molecule has 0 unspecified atom stereocenters. The van der Waals surface area contributed by atoms with E-state index in [2.05, 4.69) is 25.7 Å². The SMILES string of the molecule is c1ccc(-c2nn3c(c2-c2ccnc4ccncc24)CCC3)nc1. The topological polar surface area (TPSA) is 56.5 Å². The van der Waals surface area contributed by atoms with Gasteiger partial charge in [-0.15, -0.1) is 0 Å². The van der Waals surface area contributed by atoms with E-state index in [1.807, 2.05) is 42.9 Å². The van der Waals surface area contributed by atoms with Crippen LogP contribution in [0, 0.1) is 0 Å². The normalized spacial score (nSPS) is 13.3. The lowest BCUT2D eigenvalue weighted by molar-refractivity contribution is 0.658. The summed E-state index contributed by atoms with van der Waals surface area (Å²) >= 11 is 0. The van der Waals surface area contributed by atoms with Gasteiger partial charge in [0.2, 0.25) is 0 Å². The Kier molecular flexibility index (Phi) is 2.91. The first-order valence-corrected chi connectivity index (χ1v) is 8.12. The molecule has 0 aromatic carbocycles. The number of fused-ring (bicyclic) bond motifs is 2. The second-order valence-electron chi connectivity index (χ2n) is 5.96. The fourth-order valence-electron chi connectivity index (χ4n) is 3.50. The molecule has 0 saturated heterocycles. The summed E-state index contributed by atoms with van der Waals surface area (Å²) in [5.41, 5.74) is 6.40. The van der Waals surface area contributed by atoms with Crippen molar-refractivity contribution in [1.82, 2.24) is 24.7 Å². The van der Waals surface area contributed by atoms with Crippen LogP contribution in [0.15, 0.2) is 55.1 Å². The average molecular weight is 313 g/mol. The van der Waals surface area contributed by atoms with Gasteiger partial charge < -0.3 is 0 Å². The van der Waals surface area contributed by atoms with Crippen LogP contribution in [0.3, 0.4) is 0 Å². The van der Waals surface area contributed by atoms with Crippen LogP contribution in [-0.4, -0.2) is 24.7 Å². The molecule has 0 spiro atoms. The van der Waals surface area contributed by atoms with Gasteiger partial charge in [-0.2, -0.15) is 5.10 Å². The highest BCUT2D eigenvalue weighted by Crippen LogP contribution is 2.39. The molecule has 0 radical (unpaired) electrons. The summed E-state index contributed by atoms with van der Waals surface area (Å²) in [7, 11) is 0. The van der Waals surface area contributed by atoms with Crippen LogP contribution in [0.5, 0.6) is 0 Å². The Bertz CT molecular complexity index is 1030. The van der Waals surface area contributed by atoms with Gasteiger partial charge in [0.25, 0.3) is 0 Å². The Morgan fingerprint density at radius 2 is 1.96 bits per heavy atom. The largest absolute Gasteiger partial charge is 0.268 e. The molecule has 116 valence electrons. The van der Waals surface area contributed by atoms with Gasteiger partial charge in [-0.05, 0) is 42.7 Å². The quantitative estimate of drug-likeness (QED) is 0.568. The summed E-state index contributed by atoms with van der Waals surface area (Å²) in [6, 6.07) is 9.96. The van der Waals surface area contributed by atoms with Gasteiger partial charge >= 0.3 is 0 Å². The molecule has 24 heavy (non-hydrogen) atoms. The maximum Gasteiger partial charge on any atom is 0.119 e. The maximum absolute atomic E-state index is 4.86. The maximum atomic E-state index is 4.86. The van der Waals surface area contributed by atoms with Crippen LogP contribution >= 0.6 is 0 Å². The Hall–Kier alpha value is -3.08. The molecule has 1 aliphatic heterocycles. The number of nitrogens with zero attached hydrogens (tertiary/aromatic N) is 5. The Morgan fingerprint density at radius 1 is 0.958 bits per heavy atom. The van der Waals surface area contributed by atoms with E-state index in [0.717, 1.165) is 47.2 Å². The molecule has 4 aromatic heterocycles. The lowest BCUT2D eigenvalue weighted by atomic mass is 9.97. The molecule has 0 fully saturated rings. The Morgan fingerprint density at radius 3 is 2.88 bits per heavy atom. The van der Waals surface area contributed by atoms with Crippen LogP contribution in [-0.2, 0) is 13.0 Å². The second-order valence-corrected chi connectivity index (χ2v) is 5.96. The summed E-state index contributed by atoms with van der Waals surface area (Å²) < 4.78 is 2.13. The monoisotopic (exact) mass is 313 g/mol. The summed E-state index contributed by atoms with van der Waals surface area (Å²) in [5.74, 6) is 0. The minimum atomic E-state index is 0.906. The Labute approximate surface area is 139 Å². The fourth-order valence-corrected chi connectivity index (χ4v) is 3.50. The zero-order chi connectivity index (χ0) is 15.9. The number of hydrogen-bond acceptors (Lipinski definition) is 4. The van der Waals surface area contributed by atoms with Gasteiger partial charge in [-0.25, -0.2) is 0 Å². The van der Waals surface area contributed by atoms with E-state index in [9.17, 15) is 0 Å². The van der Waals surface area contributed by atoms with Gasteiger partial charge in [0.1, 0.15) is 5.69 Å². The van der Waals surface area contributed by atoms with Crippen LogP contribution in [0.1, 0.15) is 12.1 Å². The number of aromatic nitrogens is 5. The predicted molar refractivity (Wildman–Crippen MR) is 92.3 cm³/mol. The van der Waals surface area contributed by atoms with Crippen molar-refractivity contribution in [3.05, 3.63) is 60.8 Å². The first-order chi connectivity index (χ1) is 11.9. The predicted octanol–water partition coefficient (Wildman–Crippen LogP) is 3.50. The molecular formula is C19H15N5. The zero-order valence-electron chi connectivity index (χ0n) is 13.1. The summed E-state index contributed by atoms with van der Waals surface area (Å²) in [6.07, 6.45) is 9.52. The zero-order valence-corrected chi connectivity index (χ0v) is 13.1. The first-order valence-electron chi connectivity index (χ1n) is 8.12. The van der Waals surface area contributed by atoms with E-state index >= 15 is 0 Å². The lowest BCUT2D eigenvalue weighted by Crippen LogP contribution is -1.94. The van der Waals surface area contributed by atoms with Crippen molar-refractivity contribution in [2.24, 2.45) is 0 Å². The van der Waals surface area contributed by atoms with Crippen LogP contribution in [0.2, 0.25) is 0 Å². The molecule has 0 saturated carbocycles. The van der Waals surface area contributed by atoms with Crippen LogP contribution in [0.25, 0.3) is 33.4 Å². The van der Waals surface area contributed by atoms with Gasteiger partial charge in [0.15, 0.2) is 0 Å². The van der Waals surface area contributed by atoms with Gasteiger partial charge in [-0.1, -0.05) is 6.07 Å². The third kappa shape index (κ3) is 1.94. The van der Waals surface area contributed by atoms with Gasteiger partial charge in [-0.3, -0.25) is 19.6 Å². The van der Waals surface area contributed by atoms with Crippen molar-refractivity contribution >= 4 is 10.9 Å². The minimum Gasteiger partial charge on any atom is -0.268 e. The summed E-state index contributed by atoms with van der Waals surface area (Å²) in [4.78, 5) is 13.3. The van der Waals surface area contributed by atoms with Gasteiger partial charge in [0.05, 0.1) is 11.2 Å². The van der Waals surface area contributed by atoms with Crippen LogP contribution < -0.4 is 0 Å². The molecule has 5 nitrogen and oxygen atoms in total. The number of aryl methyl sites for hydroxylation is 1. The number of pyridine rings is 3. The minimum absolute atomic E-state index is 0.906. The van der Waals surface area contributed by atoms with Crippen molar-refractivity contribution in [3.63, 3.8) is 0 Å². The van der Waals surface area contributed by atoms with Gasteiger partial charge in [0, 0.05) is 48.0 Å². The smallest absolute Gasteiger partial charge is 0.119 e. The standard InChI is InChI=1S/C19H15N5/c1-2-8-21-16(4-1)19-18(17-5-3-11-24(17)23-19)13-6-10-22-15-7-9-20-12-14(13)15/h1-2,4,6-10,12H,3,5,11H2. The van der Waals surface area contributed by atoms with E-state index in [4.69, 9.17) is 5.10 Å². The molecule has 5 heteroatoms. The molecule has 5 heterocycles. The molecule has 1 aliphatic rings. The summed E-state index contributed by atoms with van der Waals surface area (Å²) in [5, 5.41) is 5.91. The van der Waals surface area contributed by atoms with E-state index in [0.29, 0.717) is 0 Å². The number of hydrogen-bond donors (Lipinski definition) is 0. The van der Waals surface area contributed by atoms with Crippen molar-refractivity contribution in [3.8, 4) is 22.5 Å². The Balaban J connectivity index is 1.84. The highest BCUT2D eigenvalue weighted by Gasteiger charge is 2.25. The molecule has 5 rings (SSSR count). The van der Waals surface area contributed by atoms with Crippen molar-refractivity contribution in [1.29, 1.82) is 0 Å². The highest BCUT2D eigenvalue weighted by atomic mass is 15.3. The molecule has 0 amide bonds. The molecule has 0 bridgehead atoms. The highest BCUT2D eigenvalue weighted by molar-refractivity contribution is 5.98. The molecule has 4 aromatic rings. The van der Waals surface area contributed by atoms with E-state index in [-0.39, 0.29) is 0 Å². The summed E-state index contributed by atoms with van der Waals surface area (Å²) in [6.45, 7) is 0.969.